The van der Waals surface area contributed by atoms with Crippen molar-refractivity contribution in [2.45, 2.75) is 31.5 Å². The Hall–Kier alpha value is -3.99. The molecular formula is C26H26N6O4. The number of nitrogens with zero attached hydrogens (tertiary/aromatic N) is 4. The van der Waals surface area contributed by atoms with Gasteiger partial charge in [-0.1, -0.05) is 30.3 Å². The summed E-state index contributed by atoms with van der Waals surface area (Å²) in [6, 6.07) is 13.3. The summed E-state index contributed by atoms with van der Waals surface area (Å²) in [5.74, 6) is -0.215. The molecule has 3 unspecified atom stereocenters. The number of carbonyl (C=O) groups is 2. The summed E-state index contributed by atoms with van der Waals surface area (Å²) in [7, 11) is 0. The molecule has 2 aromatic carbocycles. The van der Waals surface area contributed by atoms with Crippen LogP contribution in [0.1, 0.15) is 29.3 Å². The molecule has 3 N–H and O–H groups in total. The SMILES string of the molecule is O=C1C2Cc3c([nH]c4ccccc34)C(c3cccc([NH+]([O-])O)c3)N2C(=O)CN1CCCn1ccnc1. The number of hydrogen-bond acceptors (Lipinski definition) is 5. The van der Waals surface area contributed by atoms with Gasteiger partial charge in [0.25, 0.3) is 0 Å². The number of hydrogen-bond donors (Lipinski definition) is 3. The Balaban J connectivity index is 1.38. The highest BCUT2D eigenvalue weighted by Crippen LogP contribution is 2.42. The molecule has 4 heterocycles. The number of H-pyrrole nitrogens is 1. The van der Waals surface area contributed by atoms with Crippen molar-refractivity contribution >= 4 is 28.4 Å². The Morgan fingerprint density at radius 3 is 2.81 bits per heavy atom. The molecule has 1 saturated heterocycles. The summed E-state index contributed by atoms with van der Waals surface area (Å²) in [5.41, 5.74) is 3.58. The van der Waals surface area contributed by atoms with Gasteiger partial charge in [-0.2, -0.15) is 5.23 Å². The van der Waals surface area contributed by atoms with Gasteiger partial charge in [-0.15, -0.1) is 0 Å². The molecule has 10 nitrogen and oxygen atoms in total. The van der Waals surface area contributed by atoms with Crippen LogP contribution in [0.4, 0.5) is 5.69 Å². The molecule has 4 aromatic rings. The van der Waals surface area contributed by atoms with Gasteiger partial charge in [-0.05, 0) is 23.6 Å². The first kappa shape index (κ1) is 22.5. The fourth-order valence-corrected chi connectivity index (χ4v) is 5.56. The Bertz CT molecular complexity index is 1430. The first-order valence-corrected chi connectivity index (χ1v) is 12.0. The zero-order valence-corrected chi connectivity index (χ0v) is 19.5. The molecule has 0 aliphatic carbocycles. The number of aromatic amines is 1. The van der Waals surface area contributed by atoms with Gasteiger partial charge in [0.1, 0.15) is 6.04 Å². The number of aromatic nitrogens is 3. The van der Waals surface area contributed by atoms with E-state index in [0.29, 0.717) is 31.5 Å². The number of aryl methyl sites for hydroxylation is 1. The highest BCUT2D eigenvalue weighted by Gasteiger charge is 2.48. The second kappa shape index (κ2) is 8.90. The van der Waals surface area contributed by atoms with Gasteiger partial charge in [-0.3, -0.25) is 9.59 Å². The number of amides is 2. The van der Waals surface area contributed by atoms with Gasteiger partial charge in [0.05, 0.1) is 18.9 Å². The van der Waals surface area contributed by atoms with Gasteiger partial charge in [-0.25, -0.2) is 10.2 Å². The van der Waals surface area contributed by atoms with Crippen LogP contribution in [0.3, 0.4) is 0 Å². The molecule has 1 fully saturated rings. The number of imidazole rings is 1. The standard InChI is InChI=1S/C26H26N6O4/c33-23-15-30(11-4-10-29-12-9-27-16-29)26(34)22-14-20-19-7-1-2-8-21(19)28-24(20)25(31(22)23)17-5-3-6-18(13-17)32(35)36/h1-3,5-9,12-13,16,22,25,28,32,35H,4,10-11,14-15H2. The highest BCUT2D eigenvalue weighted by atomic mass is 16.8. The van der Waals surface area contributed by atoms with Crippen molar-refractivity contribution in [1.82, 2.24) is 24.3 Å². The third-order valence-electron chi connectivity index (χ3n) is 7.20. The van der Waals surface area contributed by atoms with E-state index in [1.165, 1.54) is 6.07 Å². The topological polar surface area (TPSA) is 122 Å². The van der Waals surface area contributed by atoms with Crippen molar-refractivity contribution < 1.29 is 20.0 Å². The Kier molecular flexibility index (Phi) is 5.56. The van der Waals surface area contributed by atoms with Crippen molar-refractivity contribution in [3.8, 4) is 0 Å². The van der Waals surface area contributed by atoms with Crippen LogP contribution in [-0.4, -0.2) is 60.5 Å². The number of piperazine rings is 1. The molecule has 0 radical (unpaired) electrons. The molecular weight excluding hydrogens is 460 g/mol. The zero-order chi connectivity index (χ0) is 24.8. The number of para-hydroxylation sites is 1. The average molecular weight is 487 g/mol. The molecule has 0 spiro atoms. The van der Waals surface area contributed by atoms with Crippen LogP contribution in [0, 0.1) is 5.21 Å². The maximum absolute atomic E-state index is 13.7. The van der Waals surface area contributed by atoms with Gasteiger partial charge < -0.3 is 24.6 Å². The molecule has 10 heteroatoms. The summed E-state index contributed by atoms with van der Waals surface area (Å²) >= 11 is 0. The summed E-state index contributed by atoms with van der Waals surface area (Å²) in [6.07, 6.45) is 6.45. The van der Waals surface area contributed by atoms with Crippen LogP contribution in [0.25, 0.3) is 10.9 Å². The number of nitrogens with one attached hydrogen (secondary N) is 2. The quantitative estimate of drug-likeness (QED) is 0.357. The van der Waals surface area contributed by atoms with E-state index >= 15 is 0 Å². The normalized spacial score (nSPS) is 20.5. The second-order valence-corrected chi connectivity index (χ2v) is 9.33. The van der Waals surface area contributed by atoms with Crippen molar-refractivity contribution in [3.63, 3.8) is 0 Å². The molecule has 2 aliphatic rings. The summed E-state index contributed by atoms with van der Waals surface area (Å²) in [4.78, 5) is 38.1. The van der Waals surface area contributed by atoms with E-state index < -0.39 is 17.3 Å². The smallest absolute Gasteiger partial charge is 0.246 e. The maximum atomic E-state index is 13.7. The van der Waals surface area contributed by atoms with E-state index in [1.54, 1.807) is 34.5 Å². The van der Waals surface area contributed by atoms with E-state index in [0.717, 1.165) is 22.2 Å². The molecule has 0 saturated carbocycles. The fourth-order valence-electron chi connectivity index (χ4n) is 5.56. The lowest BCUT2D eigenvalue weighted by Crippen LogP contribution is -2.99. The number of rotatable bonds is 6. The summed E-state index contributed by atoms with van der Waals surface area (Å²) in [5, 5.41) is 21.3. The third-order valence-corrected chi connectivity index (χ3v) is 7.20. The molecule has 2 amide bonds. The van der Waals surface area contributed by atoms with Crippen molar-refractivity contribution in [2.75, 3.05) is 13.1 Å². The predicted octanol–water partition coefficient (Wildman–Crippen LogP) is 1.54. The van der Waals surface area contributed by atoms with Crippen LogP contribution < -0.4 is 5.23 Å². The van der Waals surface area contributed by atoms with Crippen LogP contribution in [-0.2, 0) is 22.6 Å². The molecule has 184 valence electrons. The lowest BCUT2D eigenvalue weighted by atomic mass is 9.86. The molecule has 3 atom stereocenters. The van der Waals surface area contributed by atoms with Gasteiger partial charge in [0.15, 0.2) is 5.69 Å². The minimum absolute atomic E-state index is 0.00391. The Morgan fingerprint density at radius 1 is 1.14 bits per heavy atom. The second-order valence-electron chi connectivity index (χ2n) is 9.33. The van der Waals surface area contributed by atoms with Crippen LogP contribution in [0.15, 0.2) is 67.3 Å². The minimum Gasteiger partial charge on any atom is -0.595 e. The van der Waals surface area contributed by atoms with Gasteiger partial charge in [0.2, 0.25) is 11.8 Å². The first-order valence-electron chi connectivity index (χ1n) is 12.0. The number of benzene rings is 2. The van der Waals surface area contributed by atoms with E-state index in [4.69, 9.17) is 0 Å². The third kappa shape index (κ3) is 3.76. The van der Waals surface area contributed by atoms with E-state index in [1.807, 2.05) is 41.1 Å². The van der Waals surface area contributed by atoms with Gasteiger partial charge in [0, 0.05) is 60.6 Å². The van der Waals surface area contributed by atoms with Crippen LogP contribution in [0.5, 0.6) is 0 Å². The predicted molar refractivity (Wildman–Crippen MR) is 130 cm³/mol. The number of carbonyl (C=O) groups excluding carboxylic acids is 2. The Labute approximate surface area is 206 Å². The Morgan fingerprint density at radius 2 is 2.00 bits per heavy atom. The lowest BCUT2D eigenvalue weighted by molar-refractivity contribution is -0.991. The maximum Gasteiger partial charge on any atom is 0.246 e. The molecule has 36 heavy (non-hydrogen) atoms. The van der Waals surface area contributed by atoms with Crippen molar-refractivity contribution in [2.24, 2.45) is 0 Å². The summed E-state index contributed by atoms with van der Waals surface area (Å²) < 4.78 is 1.95. The molecule has 6 rings (SSSR count). The number of quaternary nitrogens is 1. The molecule has 2 aromatic heterocycles. The van der Waals surface area contributed by atoms with Crippen molar-refractivity contribution in [1.29, 1.82) is 0 Å². The average Bonchev–Trinajstić information content (AvgIpc) is 3.53. The minimum atomic E-state index is -1.04. The highest BCUT2D eigenvalue weighted by molar-refractivity contribution is 5.97. The van der Waals surface area contributed by atoms with Gasteiger partial charge >= 0.3 is 0 Å². The lowest BCUT2D eigenvalue weighted by Gasteiger charge is -2.47. The zero-order valence-electron chi connectivity index (χ0n) is 19.5. The van der Waals surface area contributed by atoms with E-state index in [2.05, 4.69) is 9.97 Å². The van der Waals surface area contributed by atoms with Crippen LogP contribution >= 0.6 is 0 Å². The van der Waals surface area contributed by atoms with Crippen LogP contribution in [0.2, 0.25) is 0 Å². The monoisotopic (exact) mass is 486 g/mol. The van der Waals surface area contributed by atoms with E-state index in [-0.39, 0.29) is 24.0 Å². The summed E-state index contributed by atoms with van der Waals surface area (Å²) in [6.45, 7) is 1.19. The largest absolute Gasteiger partial charge is 0.595 e. The fraction of sp³-hybridized carbons (Fsp3) is 0.269. The molecule has 2 aliphatic heterocycles. The van der Waals surface area contributed by atoms with Crippen molar-refractivity contribution in [3.05, 3.63) is 89.3 Å². The van der Waals surface area contributed by atoms with E-state index in [9.17, 15) is 20.0 Å². The first-order chi connectivity index (χ1) is 17.5. The molecule has 0 bridgehead atoms. The number of fused-ring (bicyclic) bond motifs is 4.